The molecule has 132 valence electrons. The van der Waals surface area contributed by atoms with Crippen LogP contribution in [0.3, 0.4) is 0 Å². The van der Waals surface area contributed by atoms with Crippen molar-refractivity contribution >= 4 is 23.0 Å². The van der Waals surface area contributed by atoms with Crippen molar-refractivity contribution in [3.05, 3.63) is 23.0 Å². The van der Waals surface area contributed by atoms with Crippen LogP contribution in [0.2, 0.25) is 0 Å². The SMILES string of the molecule is Cc1cc(C(=O)N2CCC[C@@H](N3CCNC3=O)C2)c2c(C)noc2n1. The van der Waals surface area contributed by atoms with E-state index in [0.29, 0.717) is 48.5 Å². The van der Waals surface area contributed by atoms with Crippen LogP contribution in [-0.4, -0.2) is 64.1 Å². The molecule has 2 aromatic heterocycles. The lowest BCUT2D eigenvalue weighted by Gasteiger charge is -2.37. The van der Waals surface area contributed by atoms with Gasteiger partial charge in [-0.25, -0.2) is 9.78 Å². The van der Waals surface area contributed by atoms with Gasteiger partial charge in [0.2, 0.25) is 0 Å². The summed E-state index contributed by atoms with van der Waals surface area (Å²) in [7, 11) is 0. The summed E-state index contributed by atoms with van der Waals surface area (Å²) in [6.45, 7) is 6.27. The summed E-state index contributed by atoms with van der Waals surface area (Å²) in [6.07, 6.45) is 1.81. The van der Waals surface area contributed by atoms with E-state index >= 15 is 0 Å². The monoisotopic (exact) mass is 343 g/mol. The predicted octanol–water partition coefficient (Wildman–Crippen LogP) is 1.47. The number of aromatic nitrogens is 2. The van der Waals surface area contributed by atoms with Crippen LogP contribution in [0.4, 0.5) is 4.79 Å². The van der Waals surface area contributed by atoms with Crippen molar-refractivity contribution in [2.45, 2.75) is 32.7 Å². The van der Waals surface area contributed by atoms with E-state index in [2.05, 4.69) is 15.5 Å². The normalized spacial score (nSPS) is 21.0. The number of nitrogens with one attached hydrogen (secondary N) is 1. The van der Waals surface area contributed by atoms with Crippen molar-refractivity contribution in [1.29, 1.82) is 0 Å². The number of fused-ring (bicyclic) bond motifs is 1. The highest BCUT2D eigenvalue weighted by molar-refractivity contribution is 6.06. The molecule has 3 amide bonds. The molecule has 2 aromatic rings. The zero-order valence-corrected chi connectivity index (χ0v) is 14.4. The highest BCUT2D eigenvalue weighted by atomic mass is 16.5. The molecular formula is C17H21N5O3. The molecular weight excluding hydrogens is 322 g/mol. The molecule has 8 nitrogen and oxygen atoms in total. The lowest BCUT2D eigenvalue weighted by atomic mass is 10.0. The van der Waals surface area contributed by atoms with E-state index in [4.69, 9.17) is 4.52 Å². The molecule has 0 aliphatic carbocycles. The number of pyridine rings is 1. The highest BCUT2D eigenvalue weighted by Gasteiger charge is 2.33. The fourth-order valence-corrected chi connectivity index (χ4v) is 3.79. The van der Waals surface area contributed by atoms with Crippen molar-refractivity contribution in [2.75, 3.05) is 26.2 Å². The average Bonchev–Trinajstić information content (AvgIpc) is 3.19. The minimum absolute atomic E-state index is 0.0312. The number of hydrogen-bond donors (Lipinski definition) is 1. The molecule has 25 heavy (non-hydrogen) atoms. The number of hydrogen-bond acceptors (Lipinski definition) is 5. The second kappa shape index (κ2) is 6.02. The smallest absolute Gasteiger partial charge is 0.317 e. The van der Waals surface area contributed by atoms with Gasteiger partial charge in [-0.15, -0.1) is 0 Å². The Kier molecular flexibility index (Phi) is 3.82. The Bertz CT molecular complexity index is 846. The summed E-state index contributed by atoms with van der Waals surface area (Å²) in [5.74, 6) is -0.0499. The van der Waals surface area contributed by atoms with Gasteiger partial charge in [-0.2, -0.15) is 0 Å². The van der Waals surface area contributed by atoms with E-state index in [1.54, 1.807) is 6.07 Å². The van der Waals surface area contributed by atoms with Crippen LogP contribution in [0, 0.1) is 13.8 Å². The summed E-state index contributed by atoms with van der Waals surface area (Å²) >= 11 is 0. The minimum atomic E-state index is -0.0499. The standard InChI is InChI=1S/C17H21N5O3/c1-10-8-13(14-11(2)20-25-15(14)19-10)16(23)21-6-3-4-12(9-21)22-7-5-18-17(22)24/h8,12H,3-7,9H2,1-2H3,(H,18,24)/t12-/m1/s1. The summed E-state index contributed by atoms with van der Waals surface area (Å²) in [4.78, 5) is 33.1. The predicted molar refractivity (Wildman–Crippen MR) is 90.3 cm³/mol. The van der Waals surface area contributed by atoms with Crippen LogP contribution in [-0.2, 0) is 0 Å². The van der Waals surface area contributed by atoms with Gasteiger partial charge in [-0.05, 0) is 32.8 Å². The maximum atomic E-state index is 13.2. The minimum Gasteiger partial charge on any atom is -0.337 e. The molecule has 8 heteroatoms. The van der Waals surface area contributed by atoms with Gasteiger partial charge in [0.25, 0.3) is 11.6 Å². The Balaban J connectivity index is 1.62. The fraction of sp³-hybridized carbons (Fsp3) is 0.529. The third-order valence-electron chi connectivity index (χ3n) is 4.99. The molecule has 1 atom stereocenters. The first-order chi connectivity index (χ1) is 12.0. The molecule has 4 heterocycles. The Hall–Kier alpha value is -2.64. The number of piperidine rings is 1. The van der Waals surface area contributed by atoms with Crippen LogP contribution < -0.4 is 5.32 Å². The second-order valence-corrected chi connectivity index (χ2v) is 6.73. The molecule has 0 unspecified atom stereocenters. The Morgan fingerprint density at radius 3 is 2.96 bits per heavy atom. The Morgan fingerprint density at radius 1 is 1.36 bits per heavy atom. The number of carbonyl (C=O) groups excluding carboxylic acids is 2. The number of aryl methyl sites for hydroxylation is 2. The summed E-state index contributed by atoms with van der Waals surface area (Å²) < 4.78 is 5.23. The number of rotatable bonds is 2. The van der Waals surface area contributed by atoms with Crippen molar-refractivity contribution in [3.8, 4) is 0 Å². The Labute approximate surface area is 145 Å². The molecule has 0 saturated carbocycles. The van der Waals surface area contributed by atoms with Crippen LogP contribution in [0.1, 0.15) is 34.6 Å². The van der Waals surface area contributed by atoms with Gasteiger partial charge in [0.05, 0.1) is 22.7 Å². The molecule has 0 spiro atoms. The number of nitrogens with zero attached hydrogens (tertiary/aromatic N) is 4. The lowest BCUT2D eigenvalue weighted by Crippen LogP contribution is -2.50. The molecule has 2 aliphatic heterocycles. The molecule has 2 fully saturated rings. The van der Waals surface area contributed by atoms with Gasteiger partial charge in [-0.1, -0.05) is 5.16 Å². The van der Waals surface area contributed by atoms with Gasteiger partial charge in [0.15, 0.2) is 0 Å². The van der Waals surface area contributed by atoms with Gasteiger partial charge >= 0.3 is 6.03 Å². The van der Waals surface area contributed by atoms with Crippen LogP contribution in [0.15, 0.2) is 10.6 Å². The largest absolute Gasteiger partial charge is 0.337 e. The number of amides is 3. The number of urea groups is 1. The fourth-order valence-electron chi connectivity index (χ4n) is 3.79. The zero-order chi connectivity index (χ0) is 17.6. The molecule has 2 saturated heterocycles. The van der Waals surface area contributed by atoms with E-state index in [9.17, 15) is 9.59 Å². The zero-order valence-electron chi connectivity index (χ0n) is 14.4. The van der Waals surface area contributed by atoms with Gasteiger partial charge in [-0.3, -0.25) is 4.79 Å². The van der Waals surface area contributed by atoms with Crippen molar-refractivity contribution in [2.24, 2.45) is 0 Å². The van der Waals surface area contributed by atoms with Gasteiger partial charge in [0.1, 0.15) is 0 Å². The topological polar surface area (TPSA) is 91.6 Å². The van der Waals surface area contributed by atoms with Crippen molar-refractivity contribution < 1.29 is 14.1 Å². The summed E-state index contributed by atoms with van der Waals surface area (Å²) in [5, 5.41) is 7.45. The van der Waals surface area contributed by atoms with Crippen LogP contribution in [0.5, 0.6) is 0 Å². The number of carbonyl (C=O) groups is 2. The summed E-state index contributed by atoms with van der Waals surface area (Å²) in [6, 6.07) is 1.83. The molecule has 0 radical (unpaired) electrons. The van der Waals surface area contributed by atoms with Gasteiger partial charge < -0.3 is 19.6 Å². The molecule has 1 N–H and O–H groups in total. The molecule has 0 bridgehead atoms. The first-order valence-electron chi connectivity index (χ1n) is 8.62. The van der Waals surface area contributed by atoms with E-state index in [-0.39, 0.29) is 18.0 Å². The second-order valence-electron chi connectivity index (χ2n) is 6.73. The van der Waals surface area contributed by atoms with Crippen molar-refractivity contribution in [3.63, 3.8) is 0 Å². The average molecular weight is 343 g/mol. The first-order valence-corrected chi connectivity index (χ1v) is 8.62. The van der Waals surface area contributed by atoms with E-state index in [1.165, 1.54) is 0 Å². The van der Waals surface area contributed by atoms with E-state index < -0.39 is 0 Å². The quantitative estimate of drug-likeness (QED) is 0.891. The van der Waals surface area contributed by atoms with E-state index in [0.717, 1.165) is 18.5 Å². The Morgan fingerprint density at radius 2 is 2.20 bits per heavy atom. The van der Waals surface area contributed by atoms with Gasteiger partial charge in [0, 0.05) is 31.9 Å². The third-order valence-corrected chi connectivity index (χ3v) is 4.99. The molecule has 2 aliphatic rings. The number of likely N-dealkylation sites (tertiary alicyclic amines) is 1. The molecule has 4 rings (SSSR count). The molecule has 0 aromatic carbocycles. The maximum absolute atomic E-state index is 13.2. The summed E-state index contributed by atoms with van der Waals surface area (Å²) in [5.41, 5.74) is 2.36. The van der Waals surface area contributed by atoms with E-state index in [1.807, 2.05) is 23.6 Å². The van der Waals surface area contributed by atoms with Crippen LogP contribution in [0.25, 0.3) is 11.1 Å². The first kappa shape index (κ1) is 15.9. The highest BCUT2D eigenvalue weighted by Crippen LogP contribution is 2.25. The lowest BCUT2D eigenvalue weighted by molar-refractivity contribution is 0.0636. The van der Waals surface area contributed by atoms with Crippen LogP contribution >= 0.6 is 0 Å². The maximum Gasteiger partial charge on any atom is 0.317 e. The van der Waals surface area contributed by atoms with Crippen molar-refractivity contribution in [1.82, 2.24) is 25.3 Å². The third kappa shape index (κ3) is 2.71.